The van der Waals surface area contributed by atoms with Crippen molar-refractivity contribution in [1.82, 2.24) is 14.7 Å². The molecule has 1 saturated carbocycles. The Labute approximate surface area is 206 Å². The second-order valence-corrected chi connectivity index (χ2v) is 11.2. The summed E-state index contributed by atoms with van der Waals surface area (Å²) < 4.78 is 34.1. The molecule has 0 bridgehead atoms. The number of ether oxygens (including phenoxy) is 1. The van der Waals surface area contributed by atoms with Gasteiger partial charge in [-0.1, -0.05) is 24.4 Å². The van der Waals surface area contributed by atoms with Gasteiger partial charge in [-0.2, -0.15) is 0 Å². The van der Waals surface area contributed by atoms with Gasteiger partial charge in [0.25, 0.3) is 0 Å². The molecule has 1 unspecified atom stereocenters. The quantitative estimate of drug-likeness (QED) is 0.364. The Morgan fingerprint density at radius 1 is 1.15 bits per heavy atom. The molecule has 9 heteroatoms. The van der Waals surface area contributed by atoms with E-state index >= 15 is 0 Å². The second-order valence-electron chi connectivity index (χ2n) is 9.12. The zero-order chi connectivity index (χ0) is 24.2. The first-order chi connectivity index (χ1) is 16.3. The number of halogens is 1. The lowest BCUT2D eigenvalue weighted by atomic mass is 9.83. The van der Waals surface area contributed by atoms with E-state index in [4.69, 9.17) is 16.3 Å². The summed E-state index contributed by atoms with van der Waals surface area (Å²) in [4.78, 5) is 8.80. The minimum Gasteiger partial charge on any atom is -0.384 e. The van der Waals surface area contributed by atoms with Crippen LogP contribution in [0.25, 0.3) is 10.9 Å². The van der Waals surface area contributed by atoms with Crippen LogP contribution in [0.5, 0.6) is 0 Å². The van der Waals surface area contributed by atoms with Crippen molar-refractivity contribution in [3.8, 4) is 0 Å². The molecule has 0 radical (unpaired) electrons. The number of fused-ring (bicyclic) bond motifs is 1. The fraction of sp³-hybridized carbons (Fsp3) is 0.440. The third kappa shape index (κ3) is 5.86. The van der Waals surface area contributed by atoms with Gasteiger partial charge in [-0.25, -0.2) is 23.1 Å². The van der Waals surface area contributed by atoms with Gasteiger partial charge in [0, 0.05) is 31.3 Å². The molecule has 2 aromatic heterocycles. The summed E-state index contributed by atoms with van der Waals surface area (Å²) in [6, 6.07) is 11.7. The molecule has 0 saturated heterocycles. The van der Waals surface area contributed by atoms with Gasteiger partial charge in [-0.3, -0.25) is 0 Å². The van der Waals surface area contributed by atoms with Gasteiger partial charge < -0.3 is 10.1 Å². The van der Waals surface area contributed by atoms with Crippen molar-refractivity contribution < 1.29 is 13.2 Å². The predicted octanol–water partition coefficient (Wildman–Crippen LogP) is 5.33. The molecule has 1 aromatic carbocycles. The Kier molecular flexibility index (Phi) is 7.72. The highest BCUT2D eigenvalue weighted by Crippen LogP contribution is 2.41. The van der Waals surface area contributed by atoms with E-state index in [0.717, 1.165) is 41.9 Å². The average Bonchev–Trinajstić information content (AvgIpc) is 3.27. The van der Waals surface area contributed by atoms with E-state index in [2.05, 4.69) is 20.0 Å². The van der Waals surface area contributed by atoms with Crippen LogP contribution >= 0.6 is 11.6 Å². The van der Waals surface area contributed by atoms with Crippen LogP contribution in [0, 0.1) is 5.41 Å². The molecule has 0 amide bonds. The Hall–Kier alpha value is -2.26. The number of hydrogen-bond donors (Lipinski definition) is 2. The lowest BCUT2D eigenvalue weighted by molar-refractivity contribution is 0.0793. The first kappa shape index (κ1) is 24.9. The first-order valence-corrected chi connectivity index (χ1v) is 13.4. The number of anilines is 1. The third-order valence-corrected chi connectivity index (χ3v) is 8.37. The van der Waals surface area contributed by atoms with Crippen LogP contribution in [0.3, 0.4) is 0 Å². The van der Waals surface area contributed by atoms with E-state index in [1.165, 1.54) is 25.7 Å². The largest absolute Gasteiger partial charge is 0.384 e. The number of aromatic nitrogens is 2. The number of pyridine rings is 2. The van der Waals surface area contributed by atoms with Crippen LogP contribution in [0.15, 0.2) is 53.6 Å². The van der Waals surface area contributed by atoms with E-state index < -0.39 is 16.1 Å². The van der Waals surface area contributed by atoms with Crippen LogP contribution in [0.1, 0.15) is 50.6 Å². The molecule has 2 N–H and O–H groups in total. The number of hydrogen-bond acceptors (Lipinski definition) is 6. The summed E-state index contributed by atoms with van der Waals surface area (Å²) in [6.07, 6.45) is 7.57. The number of sulfonamides is 1. The summed E-state index contributed by atoms with van der Waals surface area (Å²) in [5.41, 5.74) is 1.75. The van der Waals surface area contributed by atoms with Gasteiger partial charge in [-0.05, 0) is 79.6 Å². The molecule has 0 aliphatic heterocycles. The van der Waals surface area contributed by atoms with E-state index in [1.54, 1.807) is 50.6 Å². The Morgan fingerprint density at radius 2 is 1.94 bits per heavy atom. The van der Waals surface area contributed by atoms with Gasteiger partial charge in [0.1, 0.15) is 11.0 Å². The maximum absolute atomic E-state index is 13.0. The predicted molar refractivity (Wildman–Crippen MR) is 136 cm³/mol. The molecule has 1 fully saturated rings. The van der Waals surface area contributed by atoms with Crippen LogP contribution in [0.2, 0.25) is 5.15 Å². The summed E-state index contributed by atoms with van der Waals surface area (Å²) in [6.45, 7) is 3.40. The van der Waals surface area contributed by atoms with Gasteiger partial charge in [-0.15, -0.1) is 0 Å². The highest BCUT2D eigenvalue weighted by atomic mass is 35.5. The Balaban J connectivity index is 1.43. The van der Waals surface area contributed by atoms with Crippen molar-refractivity contribution in [3.05, 3.63) is 59.4 Å². The van der Waals surface area contributed by atoms with Crippen molar-refractivity contribution in [2.75, 3.05) is 25.6 Å². The molecule has 1 aliphatic rings. The molecular weight excluding hydrogens is 472 g/mol. The van der Waals surface area contributed by atoms with Gasteiger partial charge in [0.2, 0.25) is 10.0 Å². The van der Waals surface area contributed by atoms with Crippen LogP contribution in [-0.2, 0) is 14.8 Å². The molecule has 0 spiro atoms. The third-order valence-electron chi connectivity index (χ3n) is 6.63. The maximum atomic E-state index is 13.0. The molecule has 4 rings (SSSR count). The highest BCUT2D eigenvalue weighted by Gasteiger charge is 2.33. The molecule has 1 atom stereocenters. The number of rotatable bonds is 10. The van der Waals surface area contributed by atoms with E-state index in [0.29, 0.717) is 5.15 Å². The van der Waals surface area contributed by atoms with E-state index in [1.807, 2.05) is 12.1 Å². The van der Waals surface area contributed by atoms with Crippen molar-refractivity contribution in [2.45, 2.75) is 50.0 Å². The molecule has 1 aliphatic carbocycles. The summed E-state index contributed by atoms with van der Waals surface area (Å²) in [5, 5.41) is 4.51. The Bertz CT molecular complexity index is 1250. The lowest BCUT2D eigenvalue weighted by Gasteiger charge is -2.28. The number of benzene rings is 1. The van der Waals surface area contributed by atoms with Gasteiger partial charge in [0.05, 0.1) is 17.0 Å². The zero-order valence-electron chi connectivity index (χ0n) is 19.6. The van der Waals surface area contributed by atoms with E-state index in [-0.39, 0.29) is 10.3 Å². The molecule has 34 heavy (non-hydrogen) atoms. The zero-order valence-corrected chi connectivity index (χ0v) is 21.1. The summed E-state index contributed by atoms with van der Waals surface area (Å²) >= 11 is 5.93. The smallest absolute Gasteiger partial charge is 0.241 e. The topological polar surface area (TPSA) is 93.2 Å². The van der Waals surface area contributed by atoms with Crippen LogP contribution < -0.4 is 10.0 Å². The maximum Gasteiger partial charge on any atom is 0.241 e. The van der Waals surface area contributed by atoms with Gasteiger partial charge >= 0.3 is 0 Å². The van der Waals surface area contributed by atoms with Crippen molar-refractivity contribution in [3.63, 3.8) is 0 Å². The minimum absolute atomic E-state index is 0.192. The lowest BCUT2D eigenvalue weighted by Crippen LogP contribution is -2.27. The molecule has 3 aromatic rings. The SMILES string of the molecule is COCC1(CCNc2ccc3cc(S(=O)(=O)NC(C)c4ccnc(Cl)c4)ccc3n2)CCCC1. The van der Waals surface area contributed by atoms with Crippen LogP contribution in [-0.4, -0.2) is 38.6 Å². The fourth-order valence-corrected chi connectivity index (χ4v) is 6.23. The first-order valence-electron chi connectivity index (χ1n) is 11.6. The monoisotopic (exact) mass is 502 g/mol. The normalized spacial score (nSPS) is 16.6. The molecule has 182 valence electrons. The number of methoxy groups -OCH3 is 1. The summed E-state index contributed by atoms with van der Waals surface area (Å²) in [7, 11) is -1.95. The summed E-state index contributed by atoms with van der Waals surface area (Å²) in [5.74, 6) is 0.787. The van der Waals surface area contributed by atoms with Crippen molar-refractivity contribution in [1.29, 1.82) is 0 Å². The molecule has 2 heterocycles. The Morgan fingerprint density at radius 3 is 2.68 bits per heavy atom. The number of nitrogens with zero attached hydrogens (tertiary/aromatic N) is 2. The average molecular weight is 503 g/mol. The van der Waals surface area contributed by atoms with E-state index in [9.17, 15) is 8.42 Å². The number of nitrogens with one attached hydrogen (secondary N) is 2. The van der Waals surface area contributed by atoms with Crippen molar-refractivity contribution >= 4 is 38.3 Å². The second kappa shape index (κ2) is 10.6. The van der Waals surface area contributed by atoms with Crippen LogP contribution in [0.4, 0.5) is 5.82 Å². The fourth-order valence-electron chi connectivity index (χ4n) is 4.78. The molecule has 7 nitrogen and oxygen atoms in total. The molecular formula is C25H31ClN4O3S. The van der Waals surface area contributed by atoms with Gasteiger partial charge in [0.15, 0.2) is 0 Å². The standard InChI is InChI=1S/C25H31ClN4O3S/c1-18(19-9-13-27-23(26)16-19)30-34(31,32)21-6-7-22-20(15-21)5-8-24(29-22)28-14-12-25(17-33-2)10-3-4-11-25/h5-9,13,15-16,18,30H,3-4,10-12,14,17H2,1-2H3,(H,28,29). The highest BCUT2D eigenvalue weighted by molar-refractivity contribution is 7.89. The minimum atomic E-state index is -3.73. The van der Waals surface area contributed by atoms with Crippen molar-refractivity contribution in [2.24, 2.45) is 5.41 Å².